The zero-order valence-electron chi connectivity index (χ0n) is 24.6. The van der Waals surface area contributed by atoms with Gasteiger partial charge in [0.15, 0.2) is 0 Å². The van der Waals surface area contributed by atoms with Crippen molar-refractivity contribution in [1.29, 1.82) is 0 Å². The molecule has 4 saturated carbocycles. The summed E-state index contributed by atoms with van der Waals surface area (Å²) in [6.07, 6.45) is 9.03. The lowest BCUT2D eigenvalue weighted by Crippen LogP contribution is -2.62. The van der Waals surface area contributed by atoms with Crippen molar-refractivity contribution in [2.45, 2.75) is 85.5 Å². The molecule has 6 atom stereocenters. The van der Waals surface area contributed by atoms with Crippen molar-refractivity contribution in [3.05, 3.63) is 34.9 Å². The van der Waals surface area contributed by atoms with E-state index in [4.69, 9.17) is 0 Å². The zero-order chi connectivity index (χ0) is 28.7. The molecule has 2 bridgehead atoms. The Morgan fingerprint density at radius 3 is 2.25 bits per heavy atom. The smallest absolute Gasteiger partial charge is 0.336 e. The van der Waals surface area contributed by atoms with Crippen molar-refractivity contribution in [1.82, 2.24) is 9.80 Å². The first-order valence-corrected chi connectivity index (χ1v) is 15.3. The minimum atomic E-state index is -1.11. The zero-order valence-corrected chi connectivity index (χ0v) is 24.6. The van der Waals surface area contributed by atoms with Crippen molar-refractivity contribution in [2.75, 3.05) is 26.2 Å². The van der Waals surface area contributed by atoms with Crippen LogP contribution in [0.15, 0.2) is 18.2 Å². The van der Waals surface area contributed by atoms with Crippen LogP contribution in [0, 0.1) is 40.4 Å². The first-order valence-electron chi connectivity index (χ1n) is 15.3. The minimum Gasteiger partial charge on any atom is -0.478 e. The maximum atomic E-state index is 14.3. The van der Waals surface area contributed by atoms with Gasteiger partial charge in [-0.05, 0) is 86.7 Å². The molecular weight excluding hydrogens is 504 g/mol. The monoisotopic (exact) mass is 548 g/mol. The minimum absolute atomic E-state index is 0.0187. The summed E-state index contributed by atoms with van der Waals surface area (Å²) < 4.78 is 0. The standard InChI is InChI=1S/C33H44N2O5/c1-21-6-7-22(28(38)39)23(18-21)27(37)34-14-16-35(17-15-34)29(40)32(4)11-5-10-31(3)24(32)9-13-33-19-26(36)30(2,20-33)12-8-25(31)33/h6-7,18,24-25H,5,8-17,19-20H2,1-4H3,(H,38,39)/t24-,25-,30-,31+,32+,33-/m0/s1. The van der Waals surface area contributed by atoms with Gasteiger partial charge in [0.1, 0.15) is 5.78 Å². The number of amides is 2. The average Bonchev–Trinajstić information content (AvgIpc) is 3.10. The molecule has 0 unspecified atom stereocenters. The molecule has 40 heavy (non-hydrogen) atoms. The topological polar surface area (TPSA) is 95.0 Å². The van der Waals surface area contributed by atoms with Crippen molar-refractivity contribution in [3.63, 3.8) is 0 Å². The van der Waals surface area contributed by atoms with Gasteiger partial charge in [-0.25, -0.2) is 4.79 Å². The van der Waals surface area contributed by atoms with E-state index in [0.29, 0.717) is 43.8 Å². The quantitative estimate of drug-likeness (QED) is 0.550. The number of hydrogen-bond acceptors (Lipinski definition) is 4. The van der Waals surface area contributed by atoms with Crippen molar-refractivity contribution >= 4 is 23.6 Å². The summed E-state index contributed by atoms with van der Waals surface area (Å²) in [5.74, 6) is 0.124. The highest BCUT2D eigenvalue weighted by Gasteiger charge is 2.68. The Bertz CT molecular complexity index is 1280. The molecule has 1 aliphatic heterocycles. The fraction of sp³-hybridized carbons (Fsp3) is 0.697. The Kier molecular flexibility index (Phi) is 6.29. The van der Waals surface area contributed by atoms with Gasteiger partial charge in [0.05, 0.1) is 11.1 Å². The summed E-state index contributed by atoms with van der Waals surface area (Å²) in [6, 6.07) is 4.85. The second-order valence-electron chi connectivity index (χ2n) is 14.6. The number of aryl methyl sites for hydroxylation is 1. The van der Waals surface area contributed by atoms with E-state index in [0.717, 1.165) is 63.4 Å². The molecule has 7 heteroatoms. The van der Waals surface area contributed by atoms with E-state index in [2.05, 4.69) is 20.8 Å². The maximum Gasteiger partial charge on any atom is 0.336 e. The van der Waals surface area contributed by atoms with Crippen LogP contribution in [0.4, 0.5) is 0 Å². The number of piperazine rings is 1. The van der Waals surface area contributed by atoms with Gasteiger partial charge >= 0.3 is 5.97 Å². The molecule has 1 aromatic rings. The molecule has 4 aliphatic carbocycles. The van der Waals surface area contributed by atoms with Gasteiger partial charge in [-0.1, -0.05) is 38.8 Å². The molecule has 216 valence electrons. The molecule has 1 saturated heterocycles. The molecule has 5 fully saturated rings. The summed E-state index contributed by atoms with van der Waals surface area (Å²) in [4.78, 5) is 56.1. The fourth-order valence-corrected chi connectivity index (χ4v) is 10.4. The largest absolute Gasteiger partial charge is 0.478 e. The van der Waals surface area contributed by atoms with Gasteiger partial charge in [0.25, 0.3) is 5.91 Å². The van der Waals surface area contributed by atoms with Crippen LogP contribution >= 0.6 is 0 Å². The Hall–Kier alpha value is -2.70. The van der Waals surface area contributed by atoms with E-state index in [1.807, 2.05) is 11.8 Å². The molecule has 0 radical (unpaired) electrons. The van der Waals surface area contributed by atoms with Gasteiger partial charge in [-0.3, -0.25) is 14.4 Å². The number of fused-ring (bicyclic) bond motifs is 3. The molecule has 1 spiro atoms. The third kappa shape index (κ3) is 3.89. The third-order valence-electron chi connectivity index (χ3n) is 12.3. The van der Waals surface area contributed by atoms with Crippen LogP contribution in [0.1, 0.15) is 105 Å². The number of Topliss-reactive ketones (excluding diaryl/α,β-unsaturated/α-hetero) is 1. The number of rotatable bonds is 3. The van der Waals surface area contributed by atoms with Crippen LogP contribution < -0.4 is 0 Å². The Morgan fingerprint density at radius 1 is 0.875 bits per heavy atom. The number of carboxylic acid groups (broad SMARTS) is 1. The van der Waals surface area contributed by atoms with Crippen LogP contribution in [-0.4, -0.2) is 64.7 Å². The van der Waals surface area contributed by atoms with Crippen molar-refractivity contribution in [2.24, 2.45) is 33.5 Å². The van der Waals surface area contributed by atoms with Crippen LogP contribution in [0.25, 0.3) is 0 Å². The van der Waals surface area contributed by atoms with E-state index < -0.39 is 11.4 Å². The van der Waals surface area contributed by atoms with Crippen LogP contribution in [0.5, 0.6) is 0 Å². The Morgan fingerprint density at radius 2 is 1.55 bits per heavy atom. The number of nitrogens with zero attached hydrogens (tertiary/aromatic N) is 2. The highest BCUT2D eigenvalue weighted by atomic mass is 16.4. The van der Waals surface area contributed by atoms with Crippen LogP contribution in [-0.2, 0) is 9.59 Å². The van der Waals surface area contributed by atoms with E-state index in [1.54, 1.807) is 17.0 Å². The highest BCUT2D eigenvalue weighted by Crippen LogP contribution is 2.73. The van der Waals surface area contributed by atoms with Gasteiger partial charge in [-0.2, -0.15) is 0 Å². The summed E-state index contributed by atoms with van der Waals surface area (Å²) >= 11 is 0. The van der Waals surface area contributed by atoms with Gasteiger partial charge in [-0.15, -0.1) is 0 Å². The molecule has 2 amide bonds. The lowest BCUT2D eigenvalue weighted by atomic mass is 9.40. The SMILES string of the molecule is Cc1ccc(C(=O)O)c(C(=O)N2CCN(C(=O)[C@]3(C)CCC[C@@]4(C)[C@@H]5CC[C@@]6(C)C[C@]5(CC[C@@H]43)CC6=O)CC2)c1. The van der Waals surface area contributed by atoms with Gasteiger partial charge in [0, 0.05) is 43.4 Å². The van der Waals surface area contributed by atoms with Crippen LogP contribution in [0.2, 0.25) is 0 Å². The van der Waals surface area contributed by atoms with E-state index >= 15 is 0 Å². The summed E-state index contributed by atoms with van der Waals surface area (Å²) in [6.45, 7) is 10.4. The number of carboxylic acids is 1. The lowest BCUT2D eigenvalue weighted by Gasteiger charge is -2.64. The van der Waals surface area contributed by atoms with Crippen molar-refractivity contribution in [3.8, 4) is 0 Å². The lowest BCUT2D eigenvalue weighted by molar-refractivity contribution is -0.178. The Labute approximate surface area is 237 Å². The Balaban J connectivity index is 1.18. The highest BCUT2D eigenvalue weighted by molar-refractivity contribution is 6.05. The first-order chi connectivity index (χ1) is 18.8. The molecule has 1 N–H and O–H groups in total. The first kappa shape index (κ1) is 27.5. The number of ketones is 1. The molecule has 1 heterocycles. The molecule has 1 aromatic carbocycles. The molecular formula is C33H44N2O5. The number of aromatic carboxylic acids is 1. The second kappa shape index (κ2) is 9.15. The van der Waals surface area contributed by atoms with Gasteiger partial charge in [0.2, 0.25) is 5.91 Å². The van der Waals surface area contributed by atoms with E-state index in [9.17, 15) is 24.3 Å². The number of benzene rings is 1. The number of carbonyl (C=O) groups excluding carboxylic acids is 3. The number of hydrogen-bond donors (Lipinski definition) is 1. The maximum absolute atomic E-state index is 14.3. The summed E-state index contributed by atoms with van der Waals surface area (Å²) in [5, 5.41) is 9.60. The molecule has 6 rings (SSSR count). The van der Waals surface area contributed by atoms with E-state index in [1.165, 1.54) is 6.07 Å². The molecule has 7 nitrogen and oxygen atoms in total. The summed E-state index contributed by atoms with van der Waals surface area (Å²) in [5.41, 5.74) is 0.716. The summed E-state index contributed by atoms with van der Waals surface area (Å²) in [7, 11) is 0. The fourth-order valence-electron chi connectivity index (χ4n) is 10.4. The predicted molar refractivity (Wildman–Crippen MR) is 151 cm³/mol. The van der Waals surface area contributed by atoms with E-state index in [-0.39, 0.29) is 39.2 Å². The molecule has 0 aromatic heterocycles. The number of carbonyl (C=O) groups is 4. The van der Waals surface area contributed by atoms with Crippen LogP contribution in [0.3, 0.4) is 0 Å². The van der Waals surface area contributed by atoms with Crippen molar-refractivity contribution < 1.29 is 24.3 Å². The van der Waals surface area contributed by atoms with Gasteiger partial charge < -0.3 is 14.9 Å². The average molecular weight is 549 g/mol. The normalized spacial score (nSPS) is 39.0. The predicted octanol–water partition coefficient (Wildman–Crippen LogP) is 5.35. The molecule has 5 aliphatic rings. The third-order valence-corrected chi connectivity index (χ3v) is 12.3. The second-order valence-corrected chi connectivity index (χ2v) is 14.6.